The van der Waals surface area contributed by atoms with Crippen LogP contribution >= 0.6 is 0 Å². The van der Waals surface area contributed by atoms with E-state index in [4.69, 9.17) is 0 Å². The van der Waals surface area contributed by atoms with Gasteiger partial charge < -0.3 is 14.8 Å². The third-order valence-electron chi connectivity index (χ3n) is 3.72. The van der Waals surface area contributed by atoms with E-state index in [2.05, 4.69) is 15.0 Å². The second kappa shape index (κ2) is 6.12. The van der Waals surface area contributed by atoms with Gasteiger partial charge in [0.1, 0.15) is 0 Å². The Morgan fingerprint density at radius 2 is 2.24 bits per heavy atom. The highest BCUT2D eigenvalue weighted by molar-refractivity contribution is 7.89. The van der Waals surface area contributed by atoms with E-state index < -0.39 is 10.0 Å². The number of amides is 1. The number of aromatic nitrogens is 2. The van der Waals surface area contributed by atoms with E-state index in [1.807, 2.05) is 13.8 Å². The number of rotatable bonds is 4. The molecule has 0 bridgehead atoms. The van der Waals surface area contributed by atoms with Crippen LogP contribution in [0.4, 0.5) is 0 Å². The van der Waals surface area contributed by atoms with Crippen molar-refractivity contribution in [2.24, 2.45) is 7.05 Å². The highest BCUT2D eigenvalue weighted by atomic mass is 32.2. The first-order chi connectivity index (χ1) is 9.81. The molecule has 2 rings (SSSR count). The predicted molar refractivity (Wildman–Crippen MR) is 77.0 cm³/mol. The standard InChI is InChI=1S/C12H21N5O3S/c1-9-10(2)17(5-4-13-9)12(18)6-15-21(19,20)11-7-16(3)8-14-11/h7-10,13,15H,4-6H2,1-3H3. The summed E-state index contributed by atoms with van der Waals surface area (Å²) in [5.41, 5.74) is 0. The largest absolute Gasteiger partial charge is 0.339 e. The molecule has 0 saturated carbocycles. The summed E-state index contributed by atoms with van der Waals surface area (Å²) in [5.74, 6) is -0.227. The van der Waals surface area contributed by atoms with Crippen LogP contribution in [0.2, 0.25) is 0 Å². The third kappa shape index (κ3) is 3.60. The summed E-state index contributed by atoms with van der Waals surface area (Å²) in [5, 5.41) is 3.19. The van der Waals surface area contributed by atoms with Crippen LogP contribution in [0.15, 0.2) is 17.6 Å². The quantitative estimate of drug-likeness (QED) is 0.736. The Balaban J connectivity index is 1.97. The van der Waals surface area contributed by atoms with E-state index in [1.54, 1.807) is 11.9 Å². The van der Waals surface area contributed by atoms with Gasteiger partial charge in [-0.15, -0.1) is 0 Å². The second-order valence-electron chi connectivity index (χ2n) is 5.27. The number of carbonyl (C=O) groups excluding carboxylic acids is 1. The zero-order valence-corrected chi connectivity index (χ0v) is 13.2. The van der Waals surface area contributed by atoms with Crippen molar-refractivity contribution < 1.29 is 13.2 Å². The molecule has 2 heterocycles. The minimum absolute atomic E-state index is 0.0330. The van der Waals surface area contributed by atoms with Crippen molar-refractivity contribution in [2.45, 2.75) is 31.0 Å². The van der Waals surface area contributed by atoms with Crippen LogP contribution in [0.5, 0.6) is 0 Å². The monoisotopic (exact) mass is 315 g/mol. The average Bonchev–Trinajstić information content (AvgIpc) is 2.87. The molecule has 1 aliphatic rings. The molecule has 1 saturated heterocycles. The number of nitrogens with one attached hydrogen (secondary N) is 2. The topological polar surface area (TPSA) is 96.3 Å². The zero-order chi connectivity index (χ0) is 15.6. The number of carbonyl (C=O) groups is 1. The molecule has 2 N–H and O–H groups in total. The average molecular weight is 315 g/mol. The number of hydrogen-bond donors (Lipinski definition) is 2. The lowest BCUT2D eigenvalue weighted by Gasteiger charge is -2.38. The number of piperazine rings is 1. The summed E-state index contributed by atoms with van der Waals surface area (Å²) in [6.07, 6.45) is 2.79. The van der Waals surface area contributed by atoms with E-state index >= 15 is 0 Å². The highest BCUT2D eigenvalue weighted by Gasteiger charge is 2.29. The van der Waals surface area contributed by atoms with Gasteiger partial charge in [0.15, 0.2) is 5.03 Å². The number of nitrogens with zero attached hydrogens (tertiary/aromatic N) is 3. The Morgan fingerprint density at radius 1 is 1.52 bits per heavy atom. The predicted octanol–water partition coefficient (Wildman–Crippen LogP) is -1.09. The van der Waals surface area contributed by atoms with Crippen LogP contribution in [-0.4, -0.2) is 60.5 Å². The summed E-state index contributed by atoms with van der Waals surface area (Å²) in [7, 11) is -2.07. The molecule has 2 atom stereocenters. The summed E-state index contributed by atoms with van der Waals surface area (Å²) in [6, 6.07) is 0.223. The van der Waals surface area contributed by atoms with Crippen LogP contribution < -0.4 is 10.0 Å². The van der Waals surface area contributed by atoms with Crippen molar-refractivity contribution in [3.8, 4) is 0 Å². The number of imidazole rings is 1. The van der Waals surface area contributed by atoms with E-state index in [0.717, 1.165) is 0 Å². The van der Waals surface area contributed by atoms with Crippen LogP contribution in [-0.2, 0) is 21.9 Å². The first-order valence-corrected chi connectivity index (χ1v) is 8.30. The lowest BCUT2D eigenvalue weighted by Crippen LogP contribution is -2.58. The smallest absolute Gasteiger partial charge is 0.260 e. The fourth-order valence-corrected chi connectivity index (χ4v) is 3.22. The molecule has 9 heteroatoms. The van der Waals surface area contributed by atoms with E-state index in [-0.39, 0.29) is 29.6 Å². The van der Waals surface area contributed by atoms with Crippen molar-refractivity contribution in [2.75, 3.05) is 19.6 Å². The van der Waals surface area contributed by atoms with Gasteiger partial charge in [-0.05, 0) is 13.8 Å². The maximum atomic E-state index is 12.2. The summed E-state index contributed by atoms with van der Waals surface area (Å²) >= 11 is 0. The first kappa shape index (κ1) is 15.9. The van der Waals surface area contributed by atoms with Gasteiger partial charge in [0.25, 0.3) is 10.0 Å². The first-order valence-electron chi connectivity index (χ1n) is 6.82. The molecule has 21 heavy (non-hydrogen) atoms. The number of aryl methyl sites for hydroxylation is 1. The van der Waals surface area contributed by atoms with Gasteiger partial charge in [0.2, 0.25) is 5.91 Å². The molecule has 1 aromatic rings. The van der Waals surface area contributed by atoms with Gasteiger partial charge in [-0.1, -0.05) is 0 Å². The molecule has 0 aromatic carbocycles. The molecule has 0 spiro atoms. The molecule has 2 unspecified atom stereocenters. The Morgan fingerprint density at radius 3 is 2.86 bits per heavy atom. The second-order valence-corrected chi connectivity index (χ2v) is 6.99. The van der Waals surface area contributed by atoms with E-state index in [9.17, 15) is 13.2 Å². The lowest BCUT2D eigenvalue weighted by molar-refractivity contribution is -0.133. The maximum Gasteiger partial charge on any atom is 0.260 e. The van der Waals surface area contributed by atoms with Crippen molar-refractivity contribution >= 4 is 15.9 Å². The number of sulfonamides is 1. The minimum Gasteiger partial charge on any atom is -0.339 e. The van der Waals surface area contributed by atoms with E-state index in [0.29, 0.717) is 13.1 Å². The molecule has 1 amide bonds. The summed E-state index contributed by atoms with van der Waals surface area (Å²) in [4.78, 5) is 17.7. The molecule has 1 aromatic heterocycles. The van der Waals surface area contributed by atoms with Crippen molar-refractivity contribution in [1.82, 2.24) is 24.5 Å². The number of hydrogen-bond acceptors (Lipinski definition) is 5. The van der Waals surface area contributed by atoms with Crippen LogP contribution in [0, 0.1) is 0 Å². The lowest BCUT2D eigenvalue weighted by atomic mass is 10.1. The van der Waals surface area contributed by atoms with Crippen LogP contribution in [0.25, 0.3) is 0 Å². The normalized spacial score (nSPS) is 23.3. The maximum absolute atomic E-state index is 12.2. The Kier molecular flexibility index (Phi) is 4.64. The molecule has 1 fully saturated rings. The van der Waals surface area contributed by atoms with Gasteiger partial charge in [0, 0.05) is 38.4 Å². The van der Waals surface area contributed by atoms with Crippen molar-refractivity contribution in [1.29, 1.82) is 0 Å². The van der Waals surface area contributed by atoms with Gasteiger partial charge in [-0.3, -0.25) is 4.79 Å². The van der Waals surface area contributed by atoms with Gasteiger partial charge >= 0.3 is 0 Å². The molecule has 8 nitrogen and oxygen atoms in total. The fraction of sp³-hybridized carbons (Fsp3) is 0.667. The molecule has 0 aliphatic carbocycles. The summed E-state index contributed by atoms with van der Waals surface area (Å²) in [6.45, 7) is 4.99. The van der Waals surface area contributed by atoms with Crippen LogP contribution in [0.3, 0.4) is 0 Å². The Bertz CT molecular complexity index is 612. The molecular weight excluding hydrogens is 294 g/mol. The zero-order valence-electron chi connectivity index (χ0n) is 12.4. The van der Waals surface area contributed by atoms with Gasteiger partial charge in [-0.25, -0.2) is 18.1 Å². The van der Waals surface area contributed by atoms with Gasteiger partial charge in [0.05, 0.1) is 12.9 Å². The SMILES string of the molecule is CC1NCCN(C(=O)CNS(=O)(=O)c2cn(C)cn2)C1C. The minimum atomic E-state index is -3.75. The molecule has 1 aliphatic heterocycles. The Hall–Kier alpha value is -1.45. The third-order valence-corrected chi connectivity index (χ3v) is 5.01. The van der Waals surface area contributed by atoms with Gasteiger partial charge in [-0.2, -0.15) is 0 Å². The fourth-order valence-electron chi connectivity index (χ4n) is 2.27. The van der Waals surface area contributed by atoms with E-state index in [1.165, 1.54) is 17.1 Å². The Labute approximate surface area is 124 Å². The van der Waals surface area contributed by atoms with Crippen molar-refractivity contribution in [3.63, 3.8) is 0 Å². The molecule has 118 valence electrons. The van der Waals surface area contributed by atoms with Crippen molar-refractivity contribution in [3.05, 3.63) is 12.5 Å². The highest BCUT2D eigenvalue weighted by Crippen LogP contribution is 2.09. The summed E-state index contributed by atoms with van der Waals surface area (Å²) < 4.78 is 27.9. The molecular formula is C12H21N5O3S. The van der Waals surface area contributed by atoms with Crippen LogP contribution in [0.1, 0.15) is 13.8 Å². The molecule has 0 radical (unpaired) electrons.